The largest absolute Gasteiger partial charge is 0.497 e. The Morgan fingerprint density at radius 2 is 1.80 bits per heavy atom. The lowest BCUT2D eigenvalue weighted by Gasteiger charge is -2.09. The molecular formula is C19H17ClN2O3. The average Bonchev–Trinajstić information content (AvgIpc) is 2.62. The highest BCUT2D eigenvalue weighted by Crippen LogP contribution is 2.25. The van der Waals surface area contributed by atoms with Crippen LogP contribution in [0.5, 0.6) is 11.5 Å². The lowest BCUT2D eigenvalue weighted by molar-refractivity contribution is -0.112. The summed E-state index contributed by atoms with van der Waals surface area (Å²) in [4.78, 5) is 12.4. The molecule has 1 amide bonds. The second kappa shape index (κ2) is 8.22. The van der Waals surface area contributed by atoms with Gasteiger partial charge < -0.3 is 14.8 Å². The molecule has 0 fully saturated rings. The number of hydrogen-bond acceptors (Lipinski definition) is 4. The molecule has 6 heteroatoms. The van der Waals surface area contributed by atoms with Crippen LogP contribution in [0.15, 0.2) is 42.0 Å². The Balaban J connectivity index is 2.32. The number of carbonyl (C=O) groups excluding carboxylic acids is 1. The first-order valence-electron chi connectivity index (χ1n) is 7.39. The van der Waals surface area contributed by atoms with Gasteiger partial charge in [0.15, 0.2) is 0 Å². The van der Waals surface area contributed by atoms with E-state index in [0.717, 1.165) is 5.56 Å². The van der Waals surface area contributed by atoms with Crippen LogP contribution in [0.3, 0.4) is 0 Å². The minimum absolute atomic E-state index is 0.0466. The van der Waals surface area contributed by atoms with Crippen molar-refractivity contribution in [2.45, 2.75) is 6.92 Å². The van der Waals surface area contributed by atoms with E-state index < -0.39 is 5.91 Å². The van der Waals surface area contributed by atoms with Gasteiger partial charge in [-0.25, -0.2) is 0 Å². The van der Waals surface area contributed by atoms with Crippen molar-refractivity contribution in [1.29, 1.82) is 5.26 Å². The first kappa shape index (κ1) is 18.4. The molecule has 1 N–H and O–H groups in total. The number of anilines is 1. The second-order valence-electron chi connectivity index (χ2n) is 5.23. The minimum Gasteiger partial charge on any atom is -0.497 e. The predicted molar refractivity (Wildman–Crippen MR) is 98.0 cm³/mol. The zero-order valence-corrected chi connectivity index (χ0v) is 14.8. The van der Waals surface area contributed by atoms with Crippen LogP contribution in [0.1, 0.15) is 11.1 Å². The zero-order valence-electron chi connectivity index (χ0n) is 14.1. The number of aryl methyl sites for hydroxylation is 1. The SMILES string of the molecule is COc1cc(/C=C(\C#N)C(=O)Nc2cc(Cl)ccc2C)cc(OC)c1. The maximum atomic E-state index is 12.4. The van der Waals surface area contributed by atoms with Gasteiger partial charge in [0.2, 0.25) is 0 Å². The number of nitriles is 1. The van der Waals surface area contributed by atoms with Gasteiger partial charge in [0.1, 0.15) is 23.1 Å². The fourth-order valence-electron chi connectivity index (χ4n) is 2.15. The number of rotatable bonds is 5. The van der Waals surface area contributed by atoms with E-state index in [2.05, 4.69) is 5.32 Å². The van der Waals surface area contributed by atoms with Crippen molar-refractivity contribution >= 4 is 29.3 Å². The van der Waals surface area contributed by atoms with E-state index in [-0.39, 0.29) is 5.57 Å². The Kier molecular flexibility index (Phi) is 6.04. The number of methoxy groups -OCH3 is 2. The van der Waals surface area contributed by atoms with Gasteiger partial charge in [0.25, 0.3) is 5.91 Å². The molecule has 2 aromatic rings. The summed E-state index contributed by atoms with van der Waals surface area (Å²) in [6.45, 7) is 1.84. The maximum Gasteiger partial charge on any atom is 0.266 e. The first-order chi connectivity index (χ1) is 12.0. The van der Waals surface area contributed by atoms with Gasteiger partial charge in [0, 0.05) is 16.8 Å². The summed E-state index contributed by atoms with van der Waals surface area (Å²) >= 11 is 5.95. The van der Waals surface area contributed by atoms with Gasteiger partial charge in [-0.05, 0) is 48.4 Å². The van der Waals surface area contributed by atoms with Gasteiger partial charge in [-0.15, -0.1) is 0 Å². The molecular weight excluding hydrogens is 340 g/mol. The molecule has 0 aromatic heterocycles. The molecule has 5 nitrogen and oxygen atoms in total. The molecule has 0 unspecified atom stereocenters. The number of amides is 1. The average molecular weight is 357 g/mol. The second-order valence-corrected chi connectivity index (χ2v) is 5.67. The first-order valence-corrected chi connectivity index (χ1v) is 7.77. The summed E-state index contributed by atoms with van der Waals surface area (Å²) in [6.07, 6.45) is 1.47. The molecule has 0 bridgehead atoms. The topological polar surface area (TPSA) is 71.3 Å². The maximum absolute atomic E-state index is 12.4. The summed E-state index contributed by atoms with van der Waals surface area (Å²) in [7, 11) is 3.06. The molecule has 0 saturated carbocycles. The number of hydrogen-bond donors (Lipinski definition) is 1. The Morgan fingerprint density at radius 3 is 2.36 bits per heavy atom. The molecule has 0 spiro atoms. The lowest BCUT2D eigenvalue weighted by Crippen LogP contribution is -2.14. The molecule has 0 aliphatic heterocycles. The standard InChI is InChI=1S/C19H17ClN2O3/c1-12-4-5-15(20)9-18(12)22-19(23)14(11-21)6-13-7-16(24-2)10-17(8-13)25-3/h4-10H,1-3H3,(H,22,23)/b14-6+. The number of ether oxygens (including phenoxy) is 2. The third-order valence-electron chi connectivity index (χ3n) is 3.50. The van der Waals surface area contributed by atoms with E-state index in [9.17, 15) is 10.1 Å². The van der Waals surface area contributed by atoms with E-state index in [1.165, 1.54) is 20.3 Å². The van der Waals surface area contributed by atoms with Gasteiger partial charge in [-0.2, -0.15) is 5.26 Å². The number of benzene rings is 2. The van der Waals surface area contributed by atoms with Crippen molar-refractivity contribution in [3.05, 3.63) is 58.1 Å². The molecule has 128 valence electrons. The highest BCUT2D eigenvalue weighted by atomic mass is 35.5. The third-order valence-corrected chi connectivity index (χ3v) is 3.73. The normalized spacial score (nSPS) is 10.8. The van der Waals surface area contributed by atoms with Crippen LogP contribution in [0.25, 0.3) is 6.08 Å². The molecule has 0 aliphatic carbocycles. The number of nitrogens with zero attached hydrogens (tertiary/aromatic N) is 1. The smallest absolute Gasteiger partial charge is 0.266 e. The Hall–Kier alpha value is -2.97. The van der Waals surface area contributed by atoms with Crippen LogP contribution in [0, 0.1) is 18.3 Å². The minimum atomic E-state index is -0.519. The van der Waals surface area contributed by atoms with E-state index in [1.54, 1.807) is 36.4 Å². The van der Waals surface area contributed by atoms with Crippen molar-refractivity contribution in [1.82, 2.24) is 0 Å². The monoisotopic (exact) mass is 356 g/mol. The Morgan fingerprint density at radius 1 is 1.16 bits per heavy atom. The van der Waals surface area contributed by atoms with E-state index in [0.29, 0.717) is 27.8 Å². The fourth-order valence-corrected chi connectivity index (χ4v) is 2.32. The molecule has 25 heavy (non-hydrogen) atoms. The Labute approximate surface area is 151 Å². The van der Waals surface area contributed by atoms with Crippen LogP contribution in [-0.4, -0.2) is 20.1 Å². The van der Waals surface area contributed by atoms with E-state index in [1.807, 2.05) is 13.0 Å². The summed E-state index contributed by atoms with van der Waals surface area (Å²) in [5, 5.41) is 12.5. The summed E-state index contributed by atoms with van der Waals surface area (Å²) in [5.74, 6) is 0.609. The van der Waals surface area contributed by atoms with Crippen LogP contribution >= 0.6 is 11.6 Å². The zero-order chi connectivity index (χ0) is 18.4. The van der Waals surface area contributed by atoms with E-state index in [4.69, 9.17) is 21.1 Å². The molecule has 0 aliphatic rings. The molecule has 2 rings (SSSR count). The lowest BCUT2D eigenvalue weighted by atomic mass is 10.1. The molecule has 2 aromatic carbocycles. The van der Waals surface area contributed by atoms with Gasteiger partial charge in [0.05, 0.1) is 14.2 Å². The van der Waals surface area contributed by atoms with Crippen LogP contribution in [0.4, 0.5) is 5.69 Å². The number of halogens is 1. The Bertz CT molecular complexity index is 847. The predicted octanol–water partition coefficient (Wildman–Crippen LogP) is 4.21. The van der Waals surface area contributed by atoms with E-state index >= 15 is 0 Å². The van der Waals surface area contributed by atoms with Gasteiger partial charge in [-0.3, -0.25) is 4.79 Å². The highest BCUT2D eigenvalue weighted by Gasteiger charge is 2.12. The number of nitrogens with one attached hydrogen (secondary N) is 1. The van der Waals surface area contributed by atoms with Crippen LogP contribution < -0.4 is 14.8 Å². The quantitative estimate of drug-likeness (QED) is 0.643. The third kappa shape index (κ3) is 4.75. The van der Waals surface area contributed by atoms with Crippen molar-refractivity contribution in [2.75, 3.05) is 19.5 Å². The van der Waals surface area contributed by atoms with Gasteiger partial charge >= 0.3 is 0 Å². The van der Waals surface area contributed by atoms with Crippen LogP contribution in [0.2, 0.25) is 5.02 Å². The molecule has 0 heterocycles. The summed E-state index contributed by atoms with van der Waals surface area (Å²) < 4.78 is 10.4. The number of carbonyl (C=O) groups is 1. The van der Waals surface area contributed by atoms with Crippen LogP contribution in [-0.2, 0) is 4.79 Å². The van der Waals surface area contributed by atoms with Crippen molar-refractivity contribution in [3.63, 3.8) is 0 Å². The van der Waals surface area contributed by atoms with Crippen molar-refractivity contribution in [3.8, 4) is 17.6 Å². The molecule has 0 atom stereocenters. The van der Waals surface area contributed by atoms with Crippen molar-refractivity contribution < 1.29 is 14.3 Å². The summed E-state index contributed by atoms with van der Waals surface area (Å²) in [5.41, 5.74) is 1.97. The summed E-state index contributed by atoms with van der Waals surface area (Å²) in [6, 6.07) is 12.2. The molecule has 0 radical (unpaired) electrons. The van der Waals surface area contributed by atoms with Gasteiger partial charge in [-0.1, -0.05) is 17.7 Å². The molecule has 0 saturated heterocycles. The fraction of sp³-hybridized carbons (Fsp3) is 0.158. The highest BCUT2D eigenvalue weighted by molar-refractivity contribution is 6.31. The van der Waals surface area contributed by atoms with Crippen molar-refractivity contribution in [2.24, 2.45) is 0 Å².